The van der Waals surface area contributed by atoms with Crippen LogP contribution in [0.25, 0.3) is 0 Å². The first-order chi connectivity index (χ1) is 6.63. The minimum atomic E-state index is -0.922. The topological polar surface area (TPSA) is 46.5 Å². The van der Waals surface area contributed by atoms with Crippen LogP contribution in [0.5, 0.6) is 5.75 Å². The van der Waals surface area contributed by atoms with Gasteiger partial charge < -0.3 is 9.84 Å². The smallest absolute Gasteiger partial charge is 0.344 e. The molecule has 0 saturated carbocycles. The second-order valence-electron chi connectivity index (χ2n) is 3.17. The molecular formula is C11H14O3. The van der Waals surface area contributed by atoms with E-state index < -0.39 is 12.1 Å². The molecule has 1 atom stereocenters. The lowest BCUT2D eigenvalue weighted by Gasteiger charge is -2.13. The highest BCUT2D eigenvalue weighted by molar-refractivity contribution is 5.72. The summed E-state index contributed by atoms with van der Waals surface area (Å²) >= 11 is 0. The normalized spacial score (nSPS) is 12.1. The first kappa shape index (κ1) is 10.6. The molecule has 3 nitrogen and oxygen atoms in total. The van der Waals surface area contributed by atoms with Crippen LogP contribution in [0.2, 0.25) is 0 Å². The Hall–Kier alpha value is -1.51. The van der Waals surface area contributed by atoms with Crippen LogP contribution in [0.1, 0.15) is 18.9 Å². The Balaban J connectivity index is 2.72. The van der Waals surface area contributed by atoms with E-state index in [-0.39, 0.29) is 0 Å². The number of hydrogen-bond donors (Lipinski definition) is 1. The summed E-state index contributed by atoms with van der Waals surface area (Å²) in [5.41, 5.74) is 1.06. The van der Waals surface area contributed by atoms with E-state index in [1.165, 1.54) is 0 Å². The van der Waals surface area contributed by atoms with Gasteiger partial charge in [-0.15, -0.1) is 0 Å². The number of carbonyl (C=O) groups is 1. The molecule has 76 valence electrons. The van der Waals surface area contributed by atoms with Crippen molar-refractivity contribution in [3.8, 4) is 5.75 Å². The molecule has 1 N–H and O–H groups in total. The summed E-state index contributed by atoms with van der Waals surface area (Å²) < 4.78 is 5.31. The van der Waals surface area contributed by atoms with E-state index >= 15 is 0 Å². The Morgan fingerprint density at radius 3 is 2.79 bits per heavy atom. The highest BCUT2D eigenvalue weighted by Crippen LogP contribution is 2.15. The van der Waals surface area contributed by atoms with Gasteiger partial charge in [-0.2, -0.15) is 0 Å². The fourth-order valence-electron chi connectivity index (χ4n) is 1.16. The maximum Gasteiger partial charge on any atom is 0.344 e. The minimum absolute atomic E-state index is 0.462. The van der Waals surface area contributed by atoms with Crippen LogP contribution in [0, 0.1) is 6.92 Å². The summed E-state index contributed by atoms with van der Waals surface area (Å²) in [6.07, 6.45) is -0.291. The maximum atomic E-state index is 10.7. The zero-order valence-electron chi connectivity index (χ0n) is 8.36. The summed E-state index contributed by atoms with van der Waals surface area (Å²) in [7, 11) is 0. The first-order valence-electron chi connectivity index (χ1n) is 4.59. The van der Waals surface area contributed by atoms with Gasteiger partial charge in [-0.1, -0.05) is 19.1 Å². The Labute approximate surface area is 83.3 Å². The summed E-state index contributed by atoms with van der Waals surface area (Å²) in [5, 5.41) is 8.78. The number of ether oxygens (including phenoxy) is 1. The van der Waals surface area contributed by atoms with Gasteiger partial charge >= 0.3 is 5.97 Å². The average molecular weight is 194 g/mol. The number of carboxylic acid groups (broad SMARTS) is 1. The van der Waals surface area contributed by atoms with Gasteiger partial charge in [-0.25, -0.2) is 4.79 Å². The molecule has 0 bridgehead atoms. The Morgan fingerprint density at radius 2 is 2.29 bits per heavy atom. The largest absolute Gasteiger partial charge is 0.479 e. The van der Waals surface area contributed by atoms with Crippen molar-refractivity contribution in [2.45, 2.75) is 26.4 Å². The number of benzene rings is 1. The molecule has 3 heteroatoms. The molecule has 0 aliphatic carbocycles. The molecule has 1 unspecified atom stereocenters. The second-order valence-corrected chi connectivity index (χ2v) is 3.17. The van der Waals surface area contributed by atoms with Crippen molar-refractivity contribution in [2.75, 3.05) is 0 Å². The molecule has 14 heavy (non-hydrogen) atoms. The maximum absolute atomic E-state index is 10.7. The van der Waals surface area contributed by atoms with Crippen molar-refractivity contribution >= 4 is 5.97 Å². The molecule has 0 aliphatic heterocycles. The molecule has 0 saturated heterocycles. The standard InChI is InChI=1S/C11H14O3/c1-3-10(11(12)13)14-9-6-4-5-8(2)7-9/h4-7,10H,3H2,1-2H3,(H,12,13). The van der Waals surface area contributed by atoms with Crippen LogP contribution >= 0.6 is 0 Å². The number of aliphatic carboxylic acids is 1. The highest BCUT2D eigenvalue weighted by Gasteiger charge is 2.16. The number of rotatable bonds is 4. The number of hydrogen-bond acceptors (Lipinski definition) is 2. The van der Waals surface area contributed by atoms with Crippen LogP contribution < -0.4 is 4.74 Å². The third-order valence-electron chi connectivity index (χ3n) is 1.91. The van der Waals surface area contributed by atoms with Gasteiger partial charge in [0.2, 0.25) is 0 Å². The van der Waals surface area contributed by atoms with E-state index in [2.05, 4.69) is 0 Å². The Bertz CT molecular complexity index is 320. The highest BCUT2D eigenvalue weighted by atomic mass is 16.5. The van der Waals surface area contributed by atoms with Crippen molar-refractivity contribution in [2.24, 2.45) is 0 Å². The van der Waals surface area contributed by atoms with Crippen LogP contribution in [-0.4, -0.2) is 17.2 Å². The van der Waals surface area contributed by atoms with Gasteiger partial charge in [-0.05, 0) is 31.0 Å². The monoisotopic (exact) mass is 194 g/mol. The molecule has 0 aromatic heterocycles. The fourth-order valence-corrected chi connectivity index (χ4v) is 1.16. The summed E-state index contributed by atoms with van der Waals surface area (Å²) in [5.74, 6) is -0.312. The third kappa shape index (κ3) is 2.76. The van der Waals surface area contributed by atoms with Crippen molar-refractivity contribution in [3.63, 3.8) is 0 Å². The predicted octanol–water partition coefficient (Wildman–Crippen LogP) is 2.24. The molecule has 1 aromatic rings. The van der Waals surface area contributed by atoms with Crippen LogP contribution in [0.4, 0.5) is 0 Å². The van der Waals surface area contributed by atoms with E-state index in [1.54, 1.807) is 13.0 Å². The quantitative estimate of drug-likeness (QED) is 0.799. The molecule has 0 amide bonds. The molecule has 0 radical (unpaired) electrons. The molecule has 0 spiro atoms. The number of aryl methyl sites for hydroxylation is 1. The second kappa shape index (κ2) is 4.65. The Morgan fingerprint density at radius 1 is 1.57 bits per heavy atom. The number of carboxylic acids is 1. The van der Waals surface area contributed by atoms with Crippen LogP contribution in [0.15, 0.2) is 24.3 Å². The van der Waals surface area contributed by atoms with Crippen molar-refractivity contribution in [3.05, 3.63) is 29.8 Å². The van der Waals surface area contributed by atoms with Crippen molar-refractivity contribution in [1.82, 2.24) is 0 Å². The van der Waals surface area contributed by atoms with Gasteiger partial charge in [0.25, 0.3) is 0 Å². The van der Waals surface area contributed by atoms with E-state index in [1.807, 2.05) is 25.1 Å². The van der Waals surface area contributed by atoms with Crippen LogP contribution in [-0.2, 0) is 4.79 Å². The zero-order chi connectivity index (χ0) is 10.6. The summed E-state index contributed by atoms with van der Waals surface area (Å²) in [6, 6.07) is 7.37. The summed E-state index contributed by atoms with van der Waals surface area (Å²) in [4.78, 5) is 10.7. The minimum Gasteiger partial charge on any atom is -0.479 e. The van der Waals surface area contributed by atoms with Gasteiger partial charge in [0.1, 0.15) is 5.75 Å². The fraction of sp³-hybridized carbons (Fsp3) is 0.364. The predicted molar refractivity (Wildman–Crippen MR) is 53.5 cm³/mol. The third-order valence-corrected chi connectivity index (χ3v) is 1.91. The Kier molecular flexibility index (Phi) is 3.51. The van der Waals surface area contributed by atoms with Gasteiger partial charge in [0.15, 0.2) is 6.10 Å². The molecule has 1 aromatic carbocycles. The molecule has 0 aliphatic rings. The molecular weight excluding hydrogens is 180 g/mol. The zero-order valence-corrected chi connectivity index (χ0v) is 8.36. The van der Waals surface area contributed by atoms with E-state index in [4.69, 9.17) is 9.84 Å². The van der Waals surface area contributed by atoms with Crippen molar-refractivity contribution in [1.29, 1.82) is 0 Å². The lowest BCUT2D eigenvalue weighted by molar-refractivity contribution is -0.145. The van der Waals surface area contributed by atoms with Gasteiger partial charge in [0, 0.05) is 0 Å². The molecule has 0 fully saturated rings. The van der Waals surface area contributed by atoms with E-state index in [0.29, 0.717) is 12.2 Å². The van der Waals surface area contributed by atoms with Crippen LogP contribution in [0.3, 0.4) is 0 Å². The first-order valence-corrected chi connectivity index (χ1v) is 4.59. The lowest BCUT2D eigenvalue weighted by atomic mass is 10.2. The SMILES string of the molecule is CCC(Oc1cccc(C)c1)C(=O)O. The lowest BCUT2D eigenvalue weighted by Crippen LogP contribution is -2.25. The van der Waals surface area contributed by atoms with Gasteiger partial charge in [-0.3, -0.25) is 0 Å². The van der Waals surface area contributed by atoms with Crippen molar-refractivity contribution < 1.29 is 14.6 Å². The van der Waals surface area contributed by atoms with Gasteiger partial charge in [0.05, 0.1) is 0 Å². The average Bonchev–Trinajstić information content (AvgIpc) is 2.14. The van der Waals surface area contributed by atoms with E-state index in [9.17, 15) is 4.79 Å². The van der Waals surface area contributed by atoms with E-state index in [0.717, 1.165) is 5.56 Å². The molecule has 1 rings (SSSR count). The molecule has 0 heterocycles. The summed E-state index contributed by atoms with van der Waals surface area (Å²) in [6.45, 7) is 3.73.